The maximum Gasteiger partial charge on any atom is 0.255 e. The molecule has 2 rings (SSSR count). The van der Waals surface area contributed by atoms with Gasteiger partial charge in [0.1, 0.15) is 0 Å². The number of halogens is 2. The second-order valence-electron chi connectivity index (χ2n) is 6.05. The van der Waals surface area contributed by atoms with Crippen molar-refractivity contribution < 1.29 is 14.4 Å². The van der Waals surface area contributed by atoms with E-state index in [4.69, 9.17) is 23.2 Å². The fourth-order valence-corrected chi connectivity index (χ4v) is 2.86. The molecule has 0 saturated carbocycles. The van der Waals surface area contributed by atoms with Gasteiger partial charge in [-0.2, -0.15) is 0 Å². The third-order valence-electron chi connectivity index (χ3n) is 3.74. The van der Waals surface area contributed by atoms with Gasteiger partial charge in [-0.05, 0) is 48.9 Å². The van der Waals surface area contributed by atoms with Crippen LogP contribution < -0.4 is 16.0 Å². The largest absolute Gasteiger partial charge is 0.356 e. The van der Waals surface area contributed by atoms with Gasteiger partial charge in [-0.3, -0.25) is 14.4 Å². The van der Waals surface area contributed by atoms with Crippen LogP contribution in [0.1, 0.15) is 40.5 Å². The summed E-state index contributed by atoms with van der Waals surface area (Å²) in [6, 6.07) is 11.0. The normalized spacial score (nSPS) is 10.2. The van der Waals surface area contributed by atoms with Crippen LogP contribution >= 0.6 is 23.2 Å². The van der Waals surface area contributed by atoms with Gasteiger partial charge in [-0.15, -0.1) is 0 Å². The van der Waals surface area contributed by atoms with E-state index < -0.39 is 0 Å². The average molecular weight is 422 g/mol. The summed E-state index contributed by atoms with van der Waals surface area (Å²) in [5, 5.41) is 8.89. The van der Waals surface area contributed by atoms with E-state index in [2.05, 4.69) is 16.0 Å². The fourth-order valence-electron chi connectivity index (χ4n) is 2.34. The molecule has 3 amide bonds. The summed E-state index contributed by atoms with van der Waals surface area (Å²) in [6.45, 7) is 2.85. The van der Waals surface area contributed by atoms with E-state index in [1.54, 1.807) is 30.3 Å². The Kier molecular flexibility index (Phi) is 8.29. The monoisotopic (exact) mass is 421 g/mol. The highest BCUT2D eigenvalue weighted by molar-refractivity contribution is 6.35. The molecule has 0 aliphatic carbocycles. The van der Waals surface area contributed by atoms with Gasteiger partial charge in [0.25, 0.3) is 11.8 Å². The molecule has 0 radical (unpaired) electrons. The number of hydrogen-bond acceptors (Lipinski definition) is 3. The Morgan fingerprint density at radius 1 is 0.821 bits per heavy atom. The summed E-state index contributed by atoms with van der Waals surface area (Å²) in [4.78, 5) is 35.9. The molecule has 2 aromatic rings. The molecule has 0 bridgehead atoms. The van der Waals surface area contributed by atoms with Crippen LogP contribution in [0.4, 0.5) is 5.69 Å². The zero-order valence-electron chi connectivity index (χ0n) is 15.4. The Hall–Kier alpha value is -2.57. The predicted molar refractivity (Wildman–Crippen MR) is 111 cm³/mol. The number of hydrogen-bond donors (Lipinski definition) is 3. The van der Waals surface area contributed by atoms with Crippen molar-refractivity contribution in [1.29, 1.82) is 0 Å². The quantitative estimate of drug-likeness (QED) is 0.603. The van der Waals surface area contributed by atoms with E-state index in [-0.39, 0.29) is 30.7 Å². The Morgan fingerprint density at radius 2 is 1.46 bits per heavy atom. The highest BCUT2D eigenvalue weighted by Crippen LogP contribution is 2.20. The Bertz CT molecular complexity index is 834. The molecule has 0 spiro atoms. The Balaban J connectivity index is 1.87. The SMILES string of the molecule is CCCNC(=O)CCNC(=O)c1ccc(NC(=O)c2cc(Cl)cc(Cl)c2)cc1. The summed E-state index contributed by atoms with van der Waals surface area (Å²) >= 11 is 11.8. The molecular weight excluding hydrogens is 401 g/mol. The number of anilines is 1. The first-order chi connectivity index (χ1) is 13.4. The molecule has 3 N–H and O–H groups in total. The van der Waals surface area contributed by atoms with Crippen molar-refractivity contribution in [3.63, 3.8) is 0 Å². The van der Waals surface area contributed by atoms with Crippen LogP contribution in [0.5, 0.6) is 0 Å². The van der Waals surface area contributed by atoms with Crippen LogP contribution in [0.2, 0.25) is 10.0 Å². The smallest absolute Gasteiger partial charge is 0.255 e. The zero-order valence-corrected chi connectivity index (χ0v) is 16.9. The van der Waals surface area contributed by atoms with Crippen LogP contribution in [0.15, 0.2) is 42.5 Å². The number of nitrogens with one attached hydrogen (secondary N) is 3. The number of carbonyl (C=O) groups is 3. The van der Waals surface area contributed by atoms with Gasteiger partial charge in [0.05, 0.1) is 0 Å². The fraction of sp³-hybridized carbons (Fsp3) is 0.250. The molecule has 0 unspecified atom stereocenters. The van der Waals surface area contributed by atoms with E-state index >= 15 is 0 Å². The number of rotatable bonds is 8. The molecular formula is C20H21Cl2N3O3. The molecule has 148 valence electrons. The third-order valence-corrected chi connectivity index (χ3v) is 4.18. The van der Waals surface area contributed by atoms with E-state index in [1.165, 1.54) is 12.1 Å². The van der Waals surface area contributed by atoms with Crippen LogP contribution in [-0.2, 0) is 4.79 Å². The summed E-state index contributed by atoms with van der Waals surface area (Å²) in [5.74, 6) is -0.746. The third kappa shape index (κ3) is 6.87. The molecule has 0 aromatic heterocycles. The topological polar surface area (TPSA) is 87.3 Å². The minimum Gasteiger partial charge on any atom is -0.356 e. The minimum atomic E-state index is -0.361. The molecule has 6 nitrogen and oxygen atoms in total. The molecule has 8 heteroatoms. The van der Waals surface area contributed by atoms with Crippen molar-refractivity contribution in [3.05, 3.63) is 63.6 Å². The van der Waals surface area contributed by atoms with Crippen molar-refractivity contribution in [2.75, 3.05) is 18.4 Å². The lowest BCUT2D eigenvalue weighted by Gasteiger charge is -2.08. The maximum atomic E-state index is 12.3. The lowest BCUT2D eigenvalue weighted by molar-refractivity contribution is -0.120. The summed E-state index contributed by atoms with van der Waals surface area (Å²) < 4.78 is 0. The highest BCUT2D eigenvalue weighted by atomic mass is 35.5. The van der Waals surface area contributed by atoms with E-state index in [1.807, 2.05) is 6.92 Å². The maximum absolute atomic E-state index is 12.3. The van der Waals surface area contributed by atoms with Crippen LogP contribution in [0.3, 0.4) is 0 Å². The molecule has 0 heterocycles. The van der Waals surface area contributed by atoms with Crippen LogP contribution in [0, 0.1) is 0 Å². The van der Waals surface area contributed by atoms with Crippen molar-refractivity contribution in [2.45, 2.75) is 19.8 Å². The number of carbonyl (C=O) groups excluding carboxylic acids is 3. The molecule has 0 aliphatic heterocycles. The Labute approximate surface area is 173 Å². The first-order valence-electron chi connectivity index (χ1n) is 8.81. The summed E-state index contributed by atoms with van der Waals surface area (Å²) in [7, 11) is 0. The first kappa shape index (κ1) is 21.7. The predicted octanol–water partition coefficient (Wildman–Crippen LogP) is 3.89. The second kappa shape index (κ2) is 10.7. The molecule has 2 aromatic carbocycles. The molecule has 0 aliphatic rings. The standard InChI is InChI=1S/C20H21Cl2N3O3/c1-2-8-23-18(26)7-9-24-19(27)13-3-5-17(6-4-13)25-20(28)14-10-15(21)12-16(22)11-14/h3-6,10-12H,2,7-9H2,1H3,(H,23,26)(H,24,27)(H,25,28). The van der Waals surface area contributed by atoms with Gasteiger partial charge in [0.15, 0.2) is 0 Å². The highest BCUT2D eigenvalue weighted by Gasteiger charge is 2.10. The van der Waals surface area contributed by atoms with E-state index in [0.29, 0.717) is 33.4 Å². The van der Waals surface area contributed by atoms with E-state index in [0.717, 1.165) is 6.42 Å². The van der Waals surface area contributed by atoms with E-state index in [9.17, 15) is 14.4 Å². The lowest BCUT2D eigenvalue weighted by atomic mass is 10.1. The zero-order chi connectivity index (χ0) is 20.5. The van der Waals surface area contributed by atoms with Gasteiger partial charge in [0.2, 0.25) is 5.91 Å². The summed E-state index contributed by atoms with van der Waals surface area (Å²) in [6.07, 6.45) is 1.09. The van der Waals surface area contributed by atoms with Crippen molar-refractivity contribution in [2.24, 2.45) is 0 Å². The molecule has 0 fully saturated rings. The number of benzene rings is 2. The Morgan fingerprint density at radius 3 is 2.07 bits per heavy atom. The van der Waals surface area contributed by atoms with Gasteiger partial charge in [-0.25, -0.2) is 0 Å². The molecule has 28 heavy (non-hydrogen) atoms. The van der Waals surface area contributed by atoms with Crippen molar-refractivity contribution in [1.82, 2.24) is 10.6 Å². The molecule has 0 saturated heterocycles. The van der Waals surface area contributed by atoms with Crippen LogP contribution in [-0.4, -0.2) is 30.8 Å². The van der Waals surface area contributed by atoms with Crippen molar-refractivity contribution >= 4 is 46.6 Å². The average Bonchev–Trinajstić information content (AvgIpc) is 2.66. The second-order valence-corrected chi connectivity index (χ2v) is 6.92. The number of amides is 3. The van der Waals surface area contributed by atoms with Crippen LogP contribution in [0.25, 0.3) is 0 Å². The molecule has 0 atom stereocenters. The van der Waals surface area contributed by atoms with Gasteiger partial charge in [0, 0.05) is 46.4 Å². The van der Waals surface area contributed by atoms with Gasteiger partial charge in [-0.1, -0.05) is 30.1 Å². The minimum absolute atomic E-state index is 0.0960. The van der Waals surface area contributed by atoms with Crippen molar-refractivity contribution in [3.8, 4) is 0 Å². The first-order valence-corrected chi connectivity index (χ1v) is 9.57. The van der Waals surface area contributed by atoms with Gasteiger partial charge < -0.3 is 16.0 Å². The summed E-state index contributed by atoms with van der Waals surface area (Å²) in [5.41, 5.74) is 1.29. The van der Waals surface area contributed by atoms with Gasteiger partial charge >= 0.3 is 0 Å². The lowest BCUT2D eigenvalue weighted by Crippen LogP contribution is -2.31.